The molecular weight excluding hydrogens is 474 g/mol. The van der Waals surface area contributed by atoms with Gasteiger partial charge in [0.05, 0.1) is 18.1 Å². The Morgan fingerprint density at radius 2 is 1.82 bits per heavy atom. The van der Waals surface area contributed by atoms with E-state index in [4.69, 9.17) is 8.92 Å². The summed E-state index contributed by atoms with van der Waals surface area (Å²) in [6, 6.07) is 16.9. The molecule has 1 saturated heterocycles. The normalized spacial score (nSPS) is 17.4. The van der Waals surface area contributed by atoms with Crippen molar-refractivity contribution in [2.75, 3.05) is 6.61 Å². The predicted octanol–water partition coefficient (Wildman–Crippen LogP) is 4.34. The number of amidine groups is 1. The van der Waals surface area contributed by atoms with Gasteiger partial charge < -0.3 is 14.2 Å². The van der Waals surface area contributed by atoms with Crippen molar-refractivity contribution >= 4 is 49.9 Å². The molecule has 3 aromatic carbocycles. The van der Waals surface area contributed by atoms with Crippen LogP contribution in [-0.2, 0) is 14.9 Å². The molecule has 0 aliphatic carbocycles. The average molecular weight is 498 g/mol. The molecule has 1 amide bonds. The second kappa shape index (κ2) is 10.3. The zero-order chi connectivity index (χ0) is 24.1. The smallest absolute Gasteiger partial charge is 0.339 e. The highest BCUT2D eigenvalue weighted by atomic mass is 32.2. The van der Waals surface area contributed by atoms with Gasteiger partial charge in [-0.25, -0.2) is 0 Å². The van der Waals surface area contributed by atoms with E-state index in [1.165, 1.54) is 30.1 Å². The van der Waals surface area contributed by atoms with Crippen molar-refractivity contribution < 1.29 is 22.1 Å². The van der Waals surface area contributed by atoms with Gasteiger partial charge >= 0.3 is 10.1 Å². The quantitative estimate of drug-likeness (QED) is 0.282. The Labute approximate surface area is 202 Å². The summed E-state index contributed by atoms with van der Waals surface area (Å²) < 4.78 is 36.8. The van der Waals surface area contributed by atoms with Gasteiger partial charge in [-0.2, -0.15) is 13.5 Å². The highest BCUT2D eigenvalue weighted by Crippen LogP contribution is 2.30. The van der Waals surface area contributed by atoms with E-state index in [2.05, 4.69) is 15.5 Å². The van der Waals surface area contributed by atoms with Crippen molar-refractivity contribution in [1.82, 2.24) is 5.32 Å². The van der Waals surface area contributed by atoms with E-state index in [9.17, 15) is 13.2 Å². The number of ether oxygens (including phenoxy) is 1. The maximum atomic E-state index is 13.0. The fraction of sp³-hybridized carbons (Fsp3) is 0.208. The van der Waals surface area contributed by atoms with Crippen molar-refractivity contribution in [3.05, 3.63) is 66.2 Å². The summed E-state index contributed by atoms with van der Waals surface area (Å²) in [5.41, 5.74) is 0.457. The maximum absolute atomic E-state index is 13.0. The van der Waals surface area contributed by atoms with Crippen LogP contribution >= 0.6 is 11.8 Å². The Kier molecular flexibility index (Phi) is 7.18. The number of rotatable bonds is 8. The lowest BCUT2D eigenvalue weighted by molar-refractivity contribution is -0.118. The molecule has 8 nitrogen and oxygen atoms in total. The number of fused-ring (bicyclic) bond motifs is 1. The van der Waals surface area contributed by atoms with Crippen LogP contribution in [0.5, 0.6) is 11.5 Å². The molecule has 0 bridgehead atoms. The standard InChI is InChI=1S/C24H23N3O5S2/c1-3-22-23(28)26-24(33-22)27-25-15-20-19-8-6-5-7-16(19)9-14-21(20)32-34(29,30)18-12-10-17(11-13-18)31-4-2/h5-15,22H,3-4H2,1-2H3,(H,26,27,28). The zero-order valence-corrected chi connectivity index (χ0v) is 20.2. The highest BCUT2D eigenvalue weighted by Gasteiger charge is 2.28. The summed E-state index contributed by atoms with van der Waals surface area (Å²) in [7, 11) is -4.11. The zero-order valence-electron chi connectivity index (χ0n) is 18.6. The first-order valence-corrected chi connectivity index (χ1v) is 13.0. The maximum Gasteiger partial charge on any atom is 0.339 e. The molecule has 1 fully saturated rings. The lowest BCUT2D eigenvalue weighted by atomic mass is 10.0. The number of nitrogens with zero attached hydrogens (tertiary/aromatic N) is 2. The van der Waals surface area contributed by atoms with Crippen LogP contribution < -0.4 is 14.2 Å². The Balaban J connectivity index is 1.66. The Morgan fingerprint density at radius 1 is 1.06 bits per heavy atom. The summed E-state index contributed by atoms with van der Waals surface area (Å²) in [5, 5.41) is 12.7. The molecule has 4 rings (SSSR count). The molecule has 0 spiro atoms. The number of carbonyl (C=O) groups excluding carboxylic acids is 1. The predicted molar refractivity (Wildman–Crippen MR) is 134 cm³/mol. The topological polar surface area (TPSA) is 106 Å². The van der Waals surface area contributed by atoms with Crippen LogP contribution in [0.15, 0.2) is 75.8 Å². The van der Waals surface area contributed by atoms with E-state index >= 15 is 0 Å². The number of benzene rings is 3. The van der Waals surface area contributed by atoms with Crippen LogP contribution in [0.2, 0.25) is 0 Å². The summed E-state index contributed by atoms with van der Waals surface area (Å²) in [6.45, 7) is 4.25. The van der Waals surface area contributed by atoms with Gasteiger partial charge in [0.2, 0.25) is 5.91 Å². The summed E-state index contributed by atoms with van der Waals surface area (Å²) >= 11 is 1.31. The fourth-order valence-corrected chi connectivity index (χ4v) is 5.18. The number of thioether (sulfide) groups is 1. The molecule has 1 unspecified atom stereocenters. The molecule has 10 heteroatoms. The molecule has 0 aromatic heterocycles. The minimum Gasteiger partial charge on any atom is -0.494 e. The molecule has 0 radical (unpaired) electrons. The average Bonchev–Trinajstić information content (AvgIpc) is 3.20. The largest absolute Gasteiger partial charge is 0.494 e. The van der Waals surface area contributed by atoms with Crippen molar-refractivity contribution in [2.45, 2.75) is 30.4 Å². The fourth-order valence-electron chi connectivity index (χ4n) is 3.38. The van der Waals surface area contributed by atoms with Crippen LogP contribution in [0.3, 0.4) is 0 Å². The molecule has 1 aliphatic heterocycles. The van der Waals surface area contributed by atoms with E-state index in [1.807, 2.05) is 38.1 Å². The number of hydrogen-bond acceptors (Lipinski definition) is 8. The van der Waals surface area contributed by atoms with Gasteiger partial charge in [0.1, 0.15) is 10.6 Å². The van der Waals surface area contributed by atoms with Crippen LogP contribution in [-0.4, -0.2) is 37.6 Å². The van der Waals surface area contributed by atoms with Gasteiger partial charge in [-0.05, 0) is 54.4 Å². The summed E-state index contributed by atoms with van der Waals surface area (Å²) in [5.74, 6) is 0.587. The van der Waals surface area contributed by atoms with E-state index in [0.717, 1.165) is 10.8 Å². The second-order valence-electron chi connectivity index (χ2n) is 7.29. The van der Waals surface area contributed by atoms with Gasteiger partial charge in [-0.3, -0.25) is 4.79 Å². The molecule has 1 N–H and O–H groups in total. The van der Waals surface area contributed by atoms with E-state index in [0.29, 0.717) is 29.5 Å². The Bertz CT molecular complexity index is 1370. The number of amides is 1. The summed E-state index contributed by atoms with van der Waals surface area (Å²) in [6.07, 6.45) is 2.12. The highest BCUT2D eigenvalue weighted by molar-refractivity contribution is 8.15. The van der Waals surface area contributed by atoms with Crippen molar-refractivity contribution in [1.29, 1.82) is 0 Å². The lowest BCUT2D eigenvalue weighted by Crippen LogP contribution is -2.24. The van der Waals surface area contributed by atoms with Gasteiger partial charge in [0.15, 0.2) is 10.9 Å². The van der Waals surface area contributed by atoms with Crippen molar-refractivity contribution in [2.24, 2.45) is 10.2 Å². The van der Waals surface area contributed by atoms with Crippen LogP contribution in [0.25, 0.3) is 10.8 Å². The minimum atomic E-state index is -4.11. The third kappa shape index (κ3) is 5.23. The van der Waals surface area contributed by atoms with Crippen LogP contribution in [0, 0.1) is 0 Å². The molecule has 176 valence electrons. The number of carbonyl (C=O) groups is 1. The van der Waals surface area contributed by atoms with Crippen LogP contribution in [0.4, 0.5) is 0 Å². The first kappa shape index (κ1) is 23.8. The third-order valence-corrected chi connectivity index (χ3v) is 7.52. The third-order valence-electron chi connectivity index (χ3n) is 5.04. The van der Waals surface area contributed by atoms with Crippen molar-refractivity contribution in [3.8, 4) is 11.5 Å². The SMILES string of the molecule is CCOc1ccc(S(=O)(=O)Oc2ccc3ccccc3c2C=NN=C2NC(=O)C(CC)S2)cc1. The summed E-state index contributed by atoms with van der Waals surface area (Å²) in [4.78, 5) is 11.9. The Morgan fingerprint density at radius 3 is 2.53 bits per heavy atom. The lowest BCUT2D eigenvalue weighted by Gasteiger charge is -2.12. The number of hydrogen-bond donors (Lipinski definition) is 1. The molecule has 0 saturated carbocycles. The minimum absolute atomic E-state index is 0.00270. The van der Waals surface area contributed by atoms with Gasteiger partial charge in [-0.15, -0.1) is 5.10 Å². The first-order chi connectivity index (χ1) is 16.4. The van der Waals surface area contributed by atoms with E-state index < -0.39 is 10.1 Å². The van der Waals surface area contributed by atoms with Gasteiger partial charge in [0.25, 0.3) is 0 Å². The number of nitrogens with one attached hydrogen (secondary N) is 1. The van der Waals surface area contributed by atoms with Gasteiger partial charge in [-0.1, -0.05) is 49.0 Å². The van der Waals surface area contributed by atoms with E-state index in [-0.39, 0.29) is 21.8 Å². The van der Waals surface area contributed by atoms with Gasteiger partial charge in [0, 0.05) is 5.56 Å². The van der Waals surface area contributed by atoms with Crippen LogP contribution in [0.1, 0.15) is 25.8 Å². The molecule has 34 heavy (non-hydrogen) atoms. The molecular formula is C24H23N3O5S2. The molecule has 3 aromatic rings. The second-order valence-corrected chi connectivity index (χ2v) is 10.0. The van der Waals surface area contributed by atoms with E-state index in [1.54, 1.807) is 24.3 Å². The molecule has 1 heterocycles. The molecule has 1 aliphatic rings. The first-order valence-electron chi connectivity index (χ1n) is 10.7. The monoisotopic (exact) mass is 497 g/mol. The Hall–Kier alpha value is -3.37. The molecule has 1 atom stereocenters. The van der Waals surface area contributed by atoms with Crippen molar-refractivity contribution in [3.63, 3.8) is 0 Å².